The van der Waals surface area contributed by atoms with Crippen LogP contribution in [-0.2, 0) is 53.0 Å². The second kappa shape index (κ2) is 10.6. The molecule has 7 aliphatic rings. The zero-order valence-corrected chi connectivity index (χ0v) is 24.0. The molecule has 6 bridgehead atoms. The van der Waals surface area contributed by atoms with Gasteiger partial charge in [0, 0.05) is 0 Å². The van der Waals surface area contributed by atoms with Crippen LogP contribution in [0.2, 0.25) is 0 Å². The minimum Gasteiger partial charge on any atom is -0.743 e. The van der Waals surface area contributed by atoms with Gasteiger partial charge in [-0.15, -0.1) is 0 Å². The molecule has 4 saturated carbocycles. The molecule has 4 aliphatic carbocycles. The summed E-state index contributed by atoms with van der Waals surface area (Å²) in [6, 6.07) is 0. The highest BCUT2D eigenvalue weighted by molar-refractivity contribution is 7.86. The van der Waals surface area contributed by atoms with E-state index < -0.39 is 107 Å². The summed E-state index contributed by atoms with van der Waals surface area (Å²) >= 11 is 0. The third-order valence-corrected chi connectivity index (χ3v) is 11.4. The average molecular weight is 638 g/mol. The number of rotatable bonds is 11. The number of hydrogen-bond acceptors (Lipinski definition) is 12. The first kappa shape index (κ1) is 30.6. The van der Waals surface area contributed by atoms with E-state index in [1.54, 1.807) is 0 Å². The molecule has 0 radical (unpaired) electrons. The van der Waals surface area contributed by atoms with Crippen LogP contribution in [0.1, 0.15) is 58.3 Å². The minimum atomic E-state index is -6.33. The lowest BCUT2D eigenvalue weighted by Gasteiger charge is -2.60. The third kappa shape index (κ3) is 4.91. The van der Waals surface area contributed by atoms with Gasteiger partial charge in [0.2, 0.25) is 6.17 Å². The number of carbonyl (C=O) groups is 4. The lowest BCUT2D eigenvalue weighted by atomic mass is 9.49. The summed E-state index contributed by atoms with van der Waals surface area (Å²) in [6.45, 7) is 0.279. The van der Waals surface area contributed by atoms with Gasteiger partial charge >= 0.3 is 29.1 Å². The number of carbonyl (C=O) groups excluding carboxylic acids is 4. The van der Waals surface area contributed by atoms with Crippen LogP contribution in [0.5, 0.6) is 0 Å². The van der Waals surface area contributed by atoms with Gasteiger partial charge in [0.05, 0.1) is 12.8 Å². The van der Waals surface area contributed by atoms with Gasteiger partial charge < -0.3 is 28.2 Å². The second-order valence-corrected chi connectivity index (χ2v) is 14.1. The van der Waals surface area contributed by atoms with Crippen molar-refractivity contribution in [3.8, 4) is 0 Å². The summed E-state index contributed by atoms with van der Waals surface area (Å²) in [4.78, 5) is 50.9. The topological polar surface area (TPSA) is 172 Å². The van der Waals surface area contributed by atoms with E-state index in [4.69, 9.17) is 18.9 Å². The molecule has 240 valence electrons. The van der Waals surface area contributed by atoms with Crippen molar-refractivity contribution in [1.29, 1.82) is 0 Å². The van der Waals surface area contributed by atoms with Gasteiger partial charge in [-0.05, 0) is 62.2 Å². The predicted molar refractivity (Wildman–Crippen MR) is 131 cm³/mol. The largest absolute Gasteiger partial charge is 0.743 e. The second-order valence-electron chi connectivity index (χ2n) is 12.7. The number of fused-ring (bicyclic) bond motifs is 1. The quantitative estimate of drug-likeness (QED) is 0.183. The van der Waals surface area contributed by atoms with Gasteiger partial charge in [0.25, 0.3) is 0 Å². The Morgan fingerprint density at radius 2 is 1.63 bits per heavy atom. The molecule has 43 heavy (non-hydrogen) atoms. The molecule has 3 heterocycles. The van der Waals surface area contributed by atoms with Crippen LogP contribution in [0.25, 0.3) is 0 Å². The standard InChI is InChI=1S/C27H33F3O12S/c1-2-26(13-6-11-5-12(8-13)9-14(26)7-11)42-25(34)19-18-20-23(41-24(18)33)22(21(19)40-20)39-17(32)4-3-16(31)38-10-15(28)27(29,30)43(35,36)37/h11-15,18-23H,2-10H2,1H3,(H,35,36,37)/p-1. The first-order valence-electron chi connectivity index (χ1n) is 14.6. The van der Waals surface area contributed by atoms with Crippen LogP contribution in [-0.4, -0.2) is 84.9 Å². The number of ether oxygens (including phenoxy) is 5. The molecule has 3 aliphatic heterocycles. The summed E-state index contributed by atoms with van der Waals surface area (Å²) in [7, 11) is -6.33. The smallest absolute Gasteiger partial charge is 0.368 e. The van der Waals surface area contributed by atoms with Gasteiger partial charge in [-0.1, -0.05) is 6.92 Å². The fraction of sp³-hybridized carbons (Fsp3) is 0.852. The Kier molecular flexibility index (Phi) is 7.51. The van der Waals surface area contributed by atoms with Crippen LogP contribution >= 0.6 is 0 Å². The Labute approximate surface area is 245 Å². The van der Waals surface area contributed by atoms with Crippen molar-refractivity contribution in [3.63, 3.8) is 0 Å². The first-order chi connectivity index (χ1) is 20.2. The van der Waals surface area contributed by atoms with Gasteiger partial charge in [0.15, 0.2) is 22.3 Å². The number of esters is 4. The lowest BCUT2D eigenvalue weighted by Crippen LogP contribution is -2.60. The van der Waals surface area contributed by atoms with Crippen molar-refractivity contribution in [1.82, 2.24) is 0 Å². The fourth-order valence-corrected chi connectivity index (χ4v) is 9.08. The minimum absolute atomic E-state index is 0.248. The van der Waals surface area contributed by atoms with E-state index in [-0.39, 0.29) is 11.8 Å². The highest BCUT2D eigenvalue weighted by Crippen LogP contribution is 2.61. The Balaban J connectivity index is 1.06. The molecule has 7 unspecified atom stereocenters. The van der Waals surface area contributed by atoms with Crippen molar-refractivity contribution >= 4 is 34.0 Å². The summed E-state index contributed by atoms with van der Waals surface area (Å²) in [5, 5.41) is -5.31. The zero-order valence-electron chi connectivity index (χ0n) is 23.2. The van der Waals surface area contributed by atoms with E-state index in [1.807, 2.05) is 6.92 Å². The number of hydrogen-bond donors (Lipinski definition) is 0. The van der Waals surface area contributed by atoms with Gasteiger partial charge in [-0.25, -0.2) is 12.8 Å². The zero-order chi connectivity index (χ0) is 31.1. The highest BCUT2D eigenvalue weighted by Gasteiger charge is 2.73. The molecule has 0 aromatic heterocycles. The Morgan fingerprint density at radius 3 is 2.21 bits per heavy atom. The molecular weight excluding hydrogens is 605 g/mol. The Morgan fingerprint density at radius 1 is 1.02 bits per heavy atom. The lowest BCUT2D eigenvalue weighted by molar-refractivity contribution is -0.217. The van der Waals surface area contributed by atoms with Crippen molar-refractivity contribution in [2.75, 3.05) is 6.61 Å². The number of alkyl halides is 3. The fourth-order valence-electron chi connectivity index (χ4n) is 8.70. The molecule has 0 aromatic carbocycles. The maximum absolute atomic E-state index is 13.8. The van der Waals surface area contributed by atoms with Gasteiger partial charge in [-0.2, -0.15) is 8.78 Å². The van der Waals surface area contributed by atoms with Crippen molar-refractivity contribution in [3.05, 3.63) is 0 Å². The van der Waals surface area contributed by atoms with E-state index in [2.05, 4.69) is 4.74 Å². The summed E-state index contributed by atoms with van der Waals surface area (Å²) < 4.78 is 98.7. The monoisotopic (exact) mass is 637 g/mol. The highest BCUT2D eigenvalue weighted by atomic mass is 32.2. The molecule has 0 spiro atoms. The molecule has 3 saturated heterocycles. The van der Waals surface area contributed by atoms with Crippen molar-refractivity contribution < 1.29 is 69.0 Å². The molecule has 12 nitrogen and oxygen atoms in total. The summed E-state index contributed by atoms with van der Waals surface area (Å²) in [6.07, 6.45) is -3.12. The van der Waals surface area contributed by atoms with E-state index in [1.165, 1.54) is 6.42 Å². The summed E-state index contributed by atoms with van der Waals surface area (Å²) in [5.74, 6) is -3.75. The molecule has 7 atom stereocenters. The van der Waals surface area contributed by atoms with Crippen LogP contribution in [0.15, 0.2) is 0 Å². The number of halogens is 3. The van der Waals surface area contributed by atoms with E-state index >= 15 is 0 Å². The van der Waals surface area contributed by atoms with Crippen LogP contribution < -0.4 is 0 Å². The predicted octanol–water partition coefficient (Wildman–Crippen LogP) is 1.78. The van der Waals surface area contributed by atoms with Gasteiger partial charge in [0.1, 0.15) is 36.3 Å². The molecule has 0 N–H and O–H groups in total. The van der Waals surface area contributed by atoms with E-state index in [0.717, 1.165) is 25.7 Å². The normalized spacial score (nSPS) is 41.2. The molecular formula is C27H32F3O12S-. The van der Waals surface area contributed by atoms with Gasteiger partial charge in [-0.3, -0.25) is 19.2 Å². The molecule has 0 amide bonds. The third-order valence-electron chi connectivity index (χ3n) is 10.4. The maximum Gasteiger partial charge on any atom is 0.368 e. The Bertz CT molecular complexity index is 1280. The average Bonchev–Trinajstić information content (AvgIpc) is 3.55. The van der Waals surface area contributed by atoms with Crippen molar-refractivity contribution in [2.24, 2.45) is 35.5 Å². The maximum atomic E-state index is 13.8. The first-order valence-corrected chi connectivity index (χ1v) is 16.0. The van der Waals surface area contributed by atoms with Crippen LogP contribution in [0, 0.1) is 35.5 Å². The molecule has 16 heteroatoms. The summed E-state index contributed by atoms with van der Waals surface area (Å²) in [5.41, 5.74) is -0.624. The molecule has 7 fully saturated rings. The molecule has 0 aromatic rings. The van der Waals surface area contributed by atoms with E-state index in [9.17, 15) is 45.3 Å². The van der Waals surface area contributed by atoms with Crippen LogP contribution in [0.3, 0.4) is 0 Å². The van der Waals surface area contributed by atoms with Crippen LogP contribution in [0.4, 0.5) is 13.2 Å². The van der Waals surface area contributed by atoms with Crippen molar-refractivity contribution in [2.45, 2.75) is 99.7 Å². The molecule has 7 rings (SSSR count). The SMILES string of the molecule is CCC1(OC(=O)C2C3OC4C(OC(=O)C42)C3OC(=O)CCC(=O)OCC(F)C(F)(F)S(=O)(=O)[O-])C2CC3CC(C2)CC1C3. The van der Waals surface area contributed by atoms with E-state index in [0.29, 0.717) is 18.3 Å². The Hall–Kier alpha value is -2.46.